The van der Waals surface area contributed by atoms with E-state index in [-0.39, 0.29) is 23.7 Å². The summed E-state index contributed by atoms with van der Waals surface area (Å²) in [4.78, 5) is 37.9. The highest BCUT2D eigenvalue weighted by Gasteiger charge is 2.28. The van der Waals surface area contributed by atoms with Crippen LogP contribution in [0.15, 0.2) is 59.8 Å². The van der Waals surface area contributed by atoms with Crippen LogP contribution in [0, 0.1) is 6.92 Å². The van der Waals surface area contributed by atoms with E-state index >= 15 is 0 Å². The number of aromatic nitrogens is 2. The van der Waals surface area contributed by atoms with Crippen molar-refractivity contribution in [3.05, 3.63) is 70.3 Å². The Kier molecular flexibility index (Phi) is 8.56. The molecule has 0 spiro atoms. The molecule has 3 amide bonds. The zero-order valence-electron chi connectivity index (χ0n) is 19.9. The van der Waals surface area contributed by atoms with Crippen molar-refractivity contribution in [2.24, 2.45) is 0 Å². The number of nitrogens with one attached hydrogen (secondary N) is 2. The molecule has 1 saturated heterocycles. The Hall–Kier alpha value is -3.01. The molecular weight excluding hydrogens is 519 g/mol. The average molecular weight is 545 g/mol. The Balaban J connectivity index is 1.34. The maximum absolute atomic E-state index is 12.8. The minimum atomic E-state index is -0.180. The Bertz CT molecular complexity index is 1240. The summed E-state index contributed by atoms with van der Waals surface area (Å²) in [6.45, 7) is 5.65. The molecule has 0 aliphatic carbocycles. The number of carbonyl (C=O) groups is 2. The highest BCUT2D eigenvalue weighted by molar-refractivity contribution is 7.99. The van der Waals surface area contributed by atoms with Crippen molar-refractivity contribution in [1.29, 1.82) is 0 Å². The number of halogens is 2. The summed E-state index contributed by atoms with van der Waals surface area (Å²) >= 11 is 13.5. The maximum Gasteiger partial charge on any atom is 0.322 e. The summed E-state index contributed by atoms with van der Waals surface area (Å²) in [6.07, 6.45) is 0. The number of aryl methyl sites for hydroxylation is 1. The van der Waals surface area contributed by atoms with Gasteiger partial charge in [0.05, 0.1) is 5.75 Å². The third-order valence-electron chi connectivity index (χ3n) is 5.62. The number of piperazine rings is 1. The first-order valence-electron chi connectivity index (χ1n) is 11.4. The zero-order chi connectivity index (χ0) is 25.7. The van der Waals surface area contributed by atoms with Gasteiger partial charge in [-0.1, -0.05) is 58.7 Å². The molecule has 36 heavy (non-hydrogen) atoms. The number of carbonyl (C=O) groups excluding carboxylic acids is 2. The molecule has 1 aromatic heterocycles. The molecule has 0 saturated carbocycles. The standard InChI is InChI=1S/C25H26Cl2N6O2S/c1-16-6-8-19(9-7-16)28-23(34)15-36-24-30-21(27)13-22(31-24)32-10-11-33(17(2)14-32)25(35)29-20-5-3-4-18(26)12-20/h3-9,12-13,17H,10-11,14-15H2,1-2H3,(H,28,34)(H,29,35). The second kappa shape index (κ2) is 11.8. The van der Waals surface area contributed by atoms with Crippen LogP contribution >= 0.6 is 35.0 Å². The molecule has 11 heteroatoms. The third-order valence-corrected chi connectivity index (χ3v) is 6.89. The first-order chi connectivity index (χ1) is 17.3. The van der Waals surface area contributed by atoms with Gasteiger partial charge in [-0.2, -0.15) is 0 Å². The molecule has 1 aliphatic rings. The van der Waals surface area contributed by atoms with Crippen molar-refractivity contribution in [3.8, 4) is 0 Å². The number of anilines is 3. The lowest BCUT2D eigenvalue weighted by Crippen LogP contribution is -2.55. The minimum Gasteiger partial charge on any atom is -0.353 e. The molecule has 3 aromatic rings. The molecule has 188 valence electrons. The van der Waals surface area contributed by atoms with Crippen LogP contribution in [0.25, 0.3) is 0 Å². The molecule has 0 radical (unpaired) electrons. The quantitative estimate of drug-likeness (QED) is 0.239. The topological polar surface area (TPSA) is 90.5 Å². The van der Waals surface area contributed by atoms with Crippen molar-refractivity contribution >= 4 is 64.1 Å². The number of rotatable bonds is 6. The number of hydrogen-bond acceptors (Lipinski definition) is 6. The van der Waals surface area contributed by atoms with Gasteiger partial charge in [-0.25, -0.2) is 14.8 Å². The average Bonchev–Trinajstić information content (AvgIpc) is 2.84. The van der Waals surface area contributed by atoms with Gasteiger partial charge in [0.1, 0.15) is 11.0 Å². The van der Waals surface area contributed by atoms with Gasteiger partial charge in [0.15, 0.2) is 5.16 Å². The van der Waals surface area contributed by atoms with E-state index in [0.717, 1.165) is 11.3 Å². The SMILES string of the molecule is Cc1ccc(NC(=O)CSc2nc(Cl)cc(N3CCN(C(=O)Nc4cccc(Cl)c4)C(C)C3)n2)cc1. The summed E-state index contributed by atoms with van der Waals surface area (Å²) in [5, 5.41) is 7.05. The van der Waals surface area contributed by atoms with E-state index < -0.39 is 0 Å². The lowest BCUT2D eigenvalue weighted by atomic mass is 10.2. The van der Waals surface area contributed by atoms with Gasteiger partial charge in [0.25, 0.3) is 0 Å². The number of benzene rings is 2. The molecule has 8 nitrogen and oxygen atoms in total. The van der Waals surface area contributed by atoms with Crippen LogP contribution in [0.5, 0.6) is 0 Å². The van der Waals surface area contributed by atoms with Crippen LogP contribution in [-0.2, 0) is 4.79 Å². The lowest BCUT2D eigenvalue weighted by molar-refractivity contribution is -0.113. The number of urea groups is 1. The highest BCUT2D eigenvalue weighted by atomic mass is 35.5. The molecule has 0 bridgehead atoms. The van der Waals surface area contributed by atoms with Crippen LogP contribution in [0.4, 0.5) is 22.0 Å². The molecule has 1 aliphatic heterocycles. The van der Waals surface area contributed by atoms with E-state index in [1.54, 1.807) is 35.2 Å². The molecule has 4 rings (SSSR count). The van der Waals surface area contributed by atoms with E-state index in [2.05, 4.69) is 25.5 Å². The monoisotopic (exact) mass is 544 g/mol. The fourth-order valence-electron chi connectivity index (χ4n) is 3.80. The van der Waals surface area contributed by atoms with Crippen molar-refractivity contribution < 1.29 is 9.59 Å². The number of thioether (sulfide) groups is 1. The van der Waals surface area contributed by atoms with Crippen molar-refractivity contribution in [3.63, 3.8) is 0 Å². The summed E-state index contributed by atoms with van der Waals surface area (Å²) < 4.78 is 0. The fourth-order valence-corrected chi connectivity index (χ4v) is 4.88. The summed E-state index contributed by atoms with van der Waals surface area (Å²) in [5.41, 5.74) is 2.52. The van der Waals surface area contributed by atoms with Crippen molar-refractivity contribution in [2.75, 3.05) is 40.9 Å². The summed E-state index contributed by atoms with van der Waals surface area (Å²) in [6, 6.07) is 16.1. The Morgan fingerprint density at radius 1 is 1.03 bits per heavy atom. The van der Waals surface area contributed by atoms with Gasteiger partial charge in [0.2, 0.25) is 5.91 Å². The van der Waals surface area contributed by atoms with Gasteiger partial charge in [0, 0.05) is 48.1 Å². The second-order valence-corrected chi connectivity index (χ2v) is 10.2. The van der Waals surface area contributed by atoms with Crippen molar-refractivity contribution in [1.82, 2.24) is 14.9 Å². The smallest absolute Gasteiger partial charge is 0.322 e. The van der Waals surface area contributed by atoms with Crippen LogP contribution in [-0.4, -0.2) is 58.2 Å². The van der Waals surface area contributed by atoms with E-state index in [1.807, 2.05) is 38.1 Å². The van der Waals surface area contributed by atoms with Gasteiger partial charge in [-0.3, -0.25) is 4.79 Å². The van der Waals surface area contributed by atoms with Gasteiger partial charge in [-0.05, 0) is 44.2 Å². The van der Waals surface area contributed by atoms with Crippen LogP contribution in [0.1, 0.15) is 12.5 Å². The number of amides is 3. The molecule has 1 atom stereocenters. The minimum absolute atomic E-state index is 0.0666. The maximum atomic E-state index is 12.8. The van der Waals surface area contributed by atoms with Gasteiger partial charge >= 0.3 is 6.03 Å². The van der Waals surface area contributed by atoms with Crippen LogP contribution < -0.4 is 15.5 Å². The number of nitrogens with zero attached hydrogens (tertiary/aromatic N) is 4. The van der Waals surface area contributed by atoms with Gasteiger partial charge < -0.3 is 20.4 Å². The van der Waals surface area contributed by atoms with Crippen molar-refractivity contribution in [2.45, 2.75) is 25.0 Å². The fraction of sp³-hybridized carbons (Fsp3) is 0.280. The molecule has 2 aromatic carbocycles. The Morgan fingerprint density at radius 2 is 1.81 bits per heavy atom. The Labute approximate surface area is 224 Å². The molecular formula is C25H26Cl2N6O2S. The van der Waals surface area contributed by atoms with E-state index in [4.69, 9.17) is 23.2 Å². The number of hydrogen-bond donors (Lipinski definition) is 2. The van der Waals surface area contributed by atoms with Crippen LogP contribution in [0.2, 0.25) is 10.2 Å². The molecule has 2 heterocycles. The summed E-state index contributed by atoms with van der Waals surface area (Å²) in [5.74, 6) is 0.668. The van der Waals surface area contributed by atoms with E-state index in [0.29, 0.717) is 46.5 Å². The lowest BCUT2D eigenvalue weighted by Gasteiger charge is -2.40. The molecule has 1 fully saturated rings. The summed E-state index contributed by atoms with van der Waals surface area (Å²) in [7, 11) is 0. The Morgan fingerprint density at radius 3 is 2.53 bits per heavy atom. The first-order valence-corrected chi connectivity index (χ1v) is 13.1. The van der Waals surface area contributed by atoms with E-state index in [1.165, 1.54) is 11.8 Å². The third kappa shape index (κ3) is 7.02. The predicted octanol–water partition coefficient (Wildman–Crippen LogP) is 5.57. The van der Waals surface area contributed by atoms with Gasteiger partial charge in [-0.15, -0.1) is 0 Å². The van der Waals surface area contributed by atoms with Crippen LogP contribution in [0.3, 0.4) is 0 Å². The highest BCUT2D eigenvalue weighted by Crippen LogP contribution is 2.25. The first kappa shape index (κ1) is 26.1. The second-order valence-electron chi connectivity index (χ2n) is 8.46. The normalized spacial score (nSPS) is 15.5. The largest absolute Gasteiger partial charge is 0.353 e. The zero-order valence-corrected chi connectivity index (χ0v) is 22.2. The molecule has 1 unspecified atom stereocenters. The van der Waals surface area contributed by atoms with E-state index in [9.17, 15) is 9.59 Å². The molecule has 2 N–H and O–H groups in total. The predicted molar refractivity (Wildman–Crippen MR) is 146 cm³/mol.